The average Bonchev–Trinajstić information content (AvgIpc) is 3.17. The van der Waals surface area contributed by atoms with Gasteiger partial charge in [0, 0.05) is 31.9 Å². The quantitative estimate of drug-likeness (QED) is 0.929. The molecule has 25 heavy (non-hydrogen) atoms. The van der Waals surface area contributed by atoms with Gasteiger partial charge < -0.3 is 24.3 Å². The lowest BCUT2D eigenvalue weighted by Gasteiger charge is -2.34. The molecule has 0 unspecified atom stereocenters. The molecule has 3 amide bonds. The number of nitrogens with one attached hydrogen (secondary N) is 1. The standard InChI is InChI=1S/C18H21N3O4/c1-13-12-14(24-2)5-6-15(13)19-18(23)21-9-7-20(8-10-21)17(22)16-4-3-11-25-16/h3-6,11-12H,7-10H2,1-2H3,(H,19,23). The van der Waals surface area contributed by atoms with E-state index in [0.717, 1.165) is 17.0 Å². The van der Waals surface area contributed by atoms with Crippen molar-refractivity contribution in [2.75, 3.05) is 38.6 Å². The van der Waals surface area contributed by atoms with Crippen LogP contribution in [-0.4, -0.2) is 55.0 Å². The largest absolute Gasteiger partial charge is 0.497 e. The van der Waals surface area contributed by atoms with E-state index in [1.54, 1.807) is 29.0 Å². The molecule has 0 saturated carbocycles. The Hall–Kier alpha value is -2.96. The zero-order valence-electron chi connectivity index (χ0n) is 14.3. The molecule has 0 bridgehead atoms. The molecule has 1 aliphatic heterocycles. The van der Waals surface area contributed by atoms with Crippen LogP contribution in [0.15, 0.2) is 41.0 Å². The molecule has 1 saturated heterocycles. The Morgan fingerprint density at radius 2 is 1.84 bits per heavy atom. The number of hydrogen-bond acceptors (Lipinski definition) is 4. The van der Waals surface area contributed by atoms with Gasteiger partial charge in [0.15, 0.2) is 5.76 Å². The normalized spacial score (nSPS) is 14.3. The van der Waals surface area contributed by atoms with Crippen molar-refractivity contribution in [2.45, 2.75) is 6.92 Å². The van der Waals surface area contributed by atoms with Crippen LogP contribution in [0.3, 0.4) is 0 Å². The first-order valence-corrected chi connectivity index (χ1v) is 8.12. The summed E-state index contributed by atoms with van der Waals surface area (Å²) < 4.78 is 10.3. The Balaban J connectivity index is 1.56. The molecule has 1 fully saturated rings. The number of amides is 3. The molecule has 0 aliphatic carbocycles. The molecule has 1 aliphatic rings. The number of furan rings is 1. The first kappa shape index (κ1) is 16.9. The number of benzene rings is 1. The lowest BCUT2D eigenvalue weighted by Crippen LogP contribution is -2.51. The number of anilines is 1. The van der Waals surface area contributed by atoms with E-state index < -0.39 is 0 Å². The number of methoxy groups -OCH3 is 1. The predicted molar refractivity (Wildman–Crippen MR) is 92.9 cm³/mol. The third-order valence-corrected chi connectivity index (χ3v) is 4.26. The molecule has 1 aromatic heterocycles. The highest BCUT2D eigenvalue weighted by Crippen LogP contribution is 2.21. The Kier molecular flexibility index (Phi) is 4.92. The maximum atomic E-state index is 12.4. The zero-order valence-corrected chi connectivity index (χ0v) is 14.3. The summed E-state index contributed by atoms with van der Waals surface area (Å²) in [7, 11) is 1.61. The van der Waals surface area contributed by atoms with Crippen LogP contribution in [0.5, 0.6) is 5.75 Å². The number of aryl methyl sites for hydroxylation is 1. The van der Waals surface area contributed by atoms with Crippen molar-refractivity contribution < 1.29 is 18.7 Å². The van der Waals surface area contributed by atoms with Gasteiger partial charge >= 0.3 is 6.03 Å². The van der Waals surface area contributed by atoms with Crippen molar-refractivity contribution in [1.82, 2.24) is 9.80 Å². The summed E-state index contributed by atoms with van der Waals surface area (Å²) in [4.78, 5) is 28.1. The number of carbonyl (C=O) groups is 2. The van der Waals surface area contributed by atoms with Gasteiger partial charge in [-0.15, -0.1) is 0 Å². The third-order valence-electron chi connectivity index (χ3n) is 4.26. The molecule has 2 aromatic rings. The van der Waals surface area contributed by atoms with Gasteiger partial charge in [0.1, 0.15) is 5.75 Å². The second-order valence-corrected chi connectivity index (χ2v) is 5.87. The Morgan fingerprint density at radius 3 is 2.44 bits per heavy atom. The van der Waals surface area contributed by atoms with Crippen molar-refractivity contribution in [1.29, 1.82) is 0 Å². The van der Waals surface area contributed by atoms with Gasteiger partial charge in [-0.25, -0.2) is 4.79 Å². The summed E-state index contributed by atoms with van der Waals surface area (Å²) in [5.41, 5.74) is 1.68. The summed E-state index contributed by atoms with van der Waals surface area (Å²) in [5, 5.41) is 2.91. The maximum Gasteiger partial charge on any atom is 0.321 e. The highest BCUT2D eigenvalue weighted by molar-refractivity contribution is 5.92. The van der Waals surface area contributed by atoms with Crippen LogP contribution < -0.4 is 10.1 Å². The number of rotatable bonds is 3. The first-order valence-electron chi connectivity index (χ1n) is 8.12. The minimum absolute atomic E-state index is 0.143. The van der Waals surface area contributed by atoms with Crippen LogP contribution in [-0.2, 0) is 0 Å². The van der Waals surface area contributed by atoms with Crippen molar-refractivity contribution >= 4 is 17.6 Å². The van der Waals surface area contributed by atoms with E-state index in [4.69, 9.17) is 9.15 Å². The number of carbonyl (C=O) groups excluding carboxylic acids is 2. The summed E-state index contributed by atoms with van der Waals surface area (Å²) in [5.74, 6) is 0.934. The van der Waals surface area contributed by atoms with Crippen LogP contribution in [0, 0.1) is 6.92 Å². The number of piperazine rings is 1. The smallest absolute Gasteiger partial charge is 0.321 e. The van der Waals surface area contributed by atoms with Gasteiger partial charge in [-0.05, 0) is 42.8 Å². The van der Waals surface area contributed by atoms with E-state index in [2.05, 4.69) is 5.32 Å². The highest BCUT2D eigenvalue weighted by Gasteiger charge is 2.26. The Labute approximate surface area is 146 Å². The monoisotopic (exact) mass is 343 g/mol. The second kappa shape index (κ2) is 7.29. The molecule has 1 aromatic carbocycles. The molecule has 0 atom stereocenters. The molecule has 7 heteroatoms. The van der Waals surface area contributed by atoms with Gasteiger partial charge in [0.05, 0.1) is 13.4 Å². The molecule has 3 rings (SSSR count). The summed E-state index contributed by atoms with van der Waals surface area (Å²) in [6.45, 7) is 3.84. The highest BCUT2D eigenvalue weighted by atomic mass is 16.5. The lowest BCUT2D eigenvalue weighted by atomic mass is 10.2. The van der Waals surface area contributed by atoms with E-state index in [1.807, 2.05) is 25.1 Å². The van der Waals surface area contributed by atoms with E-state index in [0.29, 0.717) is 31.9 Å². The Bertz CT molecular complexity index is 750. The first-order chi connectivity index (χ1) is 12.1. The fourth-order valence-electron chi connectivity index (χ4n) is 2.77. The van der Waals surface area contributed by atoms with Gasteiger partial charge in [-0.2, -0.15) is 0 Å². The molecule has 0 radical (unpaired) electrons. The van der Waals surface area contributed by atoms with E-state index in [9.17, 15) is 9.59 Å². The van der Waals surface area contributed by atoms with Crippen molar-refractivity contribution in [3.63, 3.8) is 0 Å². The molecular formula is C18H21N3O4. The van der Waals surface area contributed by atoms with Crippen LogP contribution in [0.2, 0.25) is 0 Å². The van der Waals surface area contributed by atoms with Crippen molar-refractivity contribution in [2.24, 2.45) is 0 Å². The second-order valence-electron chi connectivity index (χ2n) is 5.87. The number of nitrogens with zero attached hydrogens (tertiary/aromatic N) is 2. The van der Waals surface area contributed by atoms with Crippen LogP contribution in [0.4, 0.5) is 10.5 Å². The van der Waals surface area contributed by atoms with Crippen molar-refractivity contribution in [3.05, 3.63) is 47.9 Å². The molecule has 1 N–H and O–H groups in total. The maximum absolute atomic E-state index is 12.4. The lowest BCUT2D eigenvalue weighted by molar-refractivity contribution is 0.0640. The number of hydrogen-bond donors (Lipinski definition) is 1. The van der Waals surface area contributed by atoms with Crippen LogP contribution in [0.25, 0.3) is 0 Å². The van der Waals surface area contributed by atoms with E-state index in [1.165, 1.54) is 6.26 Å². The SMILES string of the molecule is COc1ccc(NC(=O)N2CCN(C(=O)c3ccco3)CC2)c(C)c1. The van der Waals surface area contributed by atoms with Crippen LogP contribution >= 0.6 is 0 Å². The number of urea groups is 1. The fourth-order valence-corrected chi connectivity index (χ4v) is 2.77. The Morgan fingerprint density at radius 1 is 1.12 bits per heavy atom. The fraction of sp³-hybridized carbons (Fsp3) is 0.333. The van der Waals surface area contributed by atoms with E-state index in [-0.39, 0.29) is 11.9 Å². The molecule has 7 nitrogen and oxygen atoms in total. The minimum Gasteiger partial charge on any atom is -0.497 e. The average molecular weight is 343 g/mol. The summed E-state index contributed by atoms with van der Waals surface area (Å²) >= 11 is 0. The van der Waals surface area contributed by atoms with E-state index >= 15 is 0 Å². The molecule has 132 valence electrons. The van der Waals surface area contributed by atoms with Gasteiger partial charge in [0.2, 0.25) is 0 Å². The predicted octanol–water partition coefficient (Wildman–Crippen LogP) is 2.59. The van der Waals surface area contributed by atoms with Gasteiger partial charge in [-0.3, -0.25) is 4.79 Å². The molecule has 2 heterocycles. The van der Waals surface area contributed by atoms with Crippen molar-refractivity contribution in [3.8, 4) is 5.75 Å². The number of ether oxygens (including phenoxy) is 1. The minimum atomic E-state index is -0.168. The van der Waals surface area contributed by atoms with Gasteiger partial charge in [-0.1, -0.05) is 0 Å². The molecule has 0 spiro atoms. The van der Waals surface area contributed by atoms with Crippen LogP contribution in [0.1, 0.15) is 16.1 Å². The summed E-state index contributed by atoms with van der Waals surface area (Å²) in [6.07, 6.45) is 1.48. The summed E-state index contributed by atoms with van der Waals surface area (Å²) in [6, 6.07) is 8.67. The molecular weight excluding hydrogens is 322 g/mol. The van der Waals surface area contributed by atoms with Gasteiger partial charge in [0.25, 0.3) is 5.91 Å². The topological polar surface area (TPSA) is 75.0 Å². The zero-order chi connectivity index (χ0) is 17.8. The third kappa shape index (κ3) is 3.76.